The van der Waals surface area contributed by atoms with Crippen molar-refractivity contribution in [3.05, 3.63) is 33.4 Å². The van der Waals surface area contributed by atoms with Gasteiger partial charge in [-0.25, -0.2) is 0 Å². The zero-order chi connectivity index (χ0) is 14.4. The summed E-state index contributed by atoms with van der Waals surface area (Å²) in [5, 5.41) is 3.91. The van der Waals surface area contributed by atoms with Gasteiger partial charge in [0.05, 0.1) is 0 Å². The van der Waals surface area contributed by atoms with E-state index in [4.69, 9.17) is 0 Å². The van der Waals surface area contributed by atoms with Gasteiger partial charge in [-0.1, -0.05) is 12.1 Å². The lowest BCUT2D eigenvalue weighted by Crippen LogP contribution is -2.64. The van der Waals surface area contributed by atoms with Crippen molar-refractivity contribution in [3.63, 3.8) is 0 Å². The van der Waals surface area contributed by atoms with Gasteiger partial charge in [-0.3, -0.25) is 4.90 Å². The molecule has 2 nitrogen and oxygen atoms in total. The molecule has 1 aromatic rings. The summed E-state index contributed by atoms with van der Waals surface area (Å²) < 4.78 is 1.33. The molecular formula is C18H25IN2. The van der Waals surface area contributed by atoms with E-state index in [2.05, 4.69) is 64.0 Å². The third kappa shape index (κ3) is 3.15. The summed E-state index contributed by atoms with van der Waals surface area (Å²) in [6, 6.07) is 9.86. The van der Waals surface area contributed by atoms with E-state index in [9.17, 15) is 0 Å². The molecule has 4 rings (SSSR count). The fourth-order valence-electron chi connectivity index (χ4n) is 4.00. The van der Waals surface area contributed by atoms with Crippen molar-refractivity contribution in [1.82, 2.24) is 10.2 Å². The minimum absolute atomic E-state index is 0.356. The fraction of sp³-hybridized carbons (Fsp3) is 0.667. The molecule has 1 aromatic carbocycles. The van der Waals surface area contributed by atoms with E-state index in [-0.39, 0.29) is 0 Å². The number of hydrogen-bond acceptors (Lipinski definition) is 2. The minimum atomic E-state index is 0.356. The predicted octanol–water partition coefficient (Wildman–Crippen LogP) is 3.64. The SMILES string of the molecule is CC1(C2CC2)CN(Cc2ccc(I)cc2)C(C2CC2)CN1. The molecule has 2 aliphatic carbocycles. The van der Waals surface area contributed by atoms with Gasteiger partial charge in [0.15, 0.2) is 0 Å². The molecule has 21 heavy (non-hydrogen) atoms. The van der Waals surface area contributed by atoms with Gasteiger partial charge in [0, 0.05) is 34.8 Å². The maximum absolute atomic E-state index is 3.91. The maximum Gasteiger partial charge on any atom is 0.0309 e. The molecular weight excluding hydrogens is 371 g/mol. The maximum atomic E-state index is 3.91. The second-order valence-electron chi connectivity index (χ2n) is 7.51. The van der Waals surface area contributed by atoms with E-state index in [0.29, 0.717) is 5.54 Å². The Balaban J connectivity index is 1.51. The number of nitrogens with one attached hydrogen (secondary N) is 1. The standard InChI is InChI=1S/C18H25IN2/c1-18(15-6-7-15)12-21(17(10-20-18)14-4-5-14)11-13-2-8-16(19)9-3-13/h2-3,8-9,14-15,17,20H,4-7,10-12H2,1H3. The van der Waals surface area contributed by atoms with Crippen LogP contribution in [0.25, 0.3) is 0 Å². The van der Waals surface area contributed by atoms with Crippen LogP contribution in [0.3, 0.4) is 0 Å². The zero-order valence-corrected chi connectivity index (χ0v) is 15.0. The van der Waals surface area contributed by atoms with Crippen molar-refractivity contribution < 1.29 is 0 Å². The molecule has 1 saturated heterocycles. The Hall–Kier alpha value is -0.130. The number of benzene rings is 1. The lowest BCUT2D eigenvalue weighted by molar-refractivity contribution is 0.0578. The first-order chi connectivity index (χ1) is 10.1. The third-order valence-electron chi connectivity index (χ3n) is 5.66. The van der Waals surface area contributed by atoms with Crippen LogP contribution in [0.2, 0.25) is 0 Å². The monoisotopic (exact) mass is 396 g/mol. The predicted molar refractivity (Wildman–Crippen MR) is 95.2 cm³/mol. The number of piperazine rings is 1. The van der Waals surface area contributed by atoms with Crippen molar-refractivity contribution in [1.29, 1.82) is 0 Å². The van der Waals surface area contributed by atoms with Crippen LogP contribution in [-0.2, 0) is 6.54 Å². The number of halogens is 1. The second kappa shape index (κ2) is 5.50. The smallest absolute Gasteiger partial charge is 0.0309 e. The van der Waals surface area contributed by atoms with Crippen molar-refractivity contribution in [2.24, 2.45) is 11.8 Å². The first-order valence-electron chi connectivity index (χ1n) is 8.37. The molecule has 1 N–H and O–H groups in total. The van der Waals surface area contributed by atoms with Crippen LogP contribution in [0.1, 0.15) is 38.2 Å². The molecule has 2 unspecified atom stereocenters. The molecule has 1 aliphatic heterocycles. The van der Waals surface area contributed by atoms with Gasteiger partial charge in [-0.2, -0.15) is 0 Å². The van der Waals surface area contributed by atoms with Crippen LogP contribution in [0, 0.1) is 15.4 Å². The Morgan fingerprint density at radius 3 is 2.52 bits per heavy atom. The zero-order valence-electron chi connectivity index (χ0n) is 12.8. The second-order valence-corrected chi connectivity index (χ2v) is 8.75. The van der Waals surface area contributed by atoms with E-state index in [1.807, 2.05) is 0 Å². The quantitative estimate of drug-likeness (QED) is 0.782. The number of nitrogens with zero attached hydrogens (tertiary/aromatic N) is 1. The number of rotatable bonds is 4. The fourth-order valence-corrected chi connectivity index (χ4v) is 4.36. The molecule has 1 heterocycles. The topological polar surface area (TPSA) is 15.3 Å². The van der Waals surface area contributed by atoms with Crippen LogP contribution in [0.4, 0.5) is 0 Å². The largest absolute Gasteiger partial charge is 0.308 e. The van der Waals surface area contributed by atoms with Gasteiger partial charge in [0.25, 0.3) is 0 Å². The van der Waals surface area contributed by atoms with Gasteiger partial charge in [-0.15, -0.1) is 0 Å². The Bertz CT molecular complexity index is 506. The van der Waals surface area contributed by atoms with Crippen LogP contribution < -0.4 is 5.32 Å². The normalized spacial score (nSPS) is 34.1. The Morgan fingerprint density at radius 2 is 1.90 bits per heavy atom. The van der Waals surface area contributed by atoms with Crippen molar-refractivity contribution in [2.75, 3.05) is 13.1 Å². The van der Waals surface area contributed by atoms with Gasteiger partial charge in [0.1, 0.15) is 0 Å². The van der Waals surface area contributed by atoms with Crippen molar-refractivity contribution >= 4 is 22.6 Å². The molecule has 3 aliphatic rings. The van der Waals surface area contributed by atoms with E-state index >= 15 is 0 Å². The van der Waals surface area contributed by atoms with Gasteiger partial charge < -0.3 is 5.32 Å². The molecule has 0 radical (unpaired) electrons. The summed E-state index contributed by atoms with van der Waals surface area (Å²) in [6.45, 7) is 6.00. The van der Waals surface area contributed by atoms with Crippen LogP contribution in [0.15, 0.2) is 24.3 Å². The van der Waals surface area contributed by atoms with E-state index in [1.165, 1.54) is 47.9 Å². The lowest BCUT2D eigenvalue weighted by Gasteiger charge is -2.47. The first kappa shape index (κ1) is 14.5. The molecule has 3 heteroatoms. The summed E-state index contributed by atoms with van der Waals surface area (Å²) in [7, 11) is 0. The van der Waals surface area contributed by atoms with E-state index in [1.54, 1.807) is 0 Å². The van der Waals surface area contributed by atoms with Gasteiger partial charge >= 0.3 is 0 Å². The van der Waals surface area contributed by atoms with E-state index in [0.717, 1.165) is 24.4 Å². The van der Waals surface area contributed by atoms with Gasteiger partial charge in [0.2, 0.25) is 0 Å². The van der Waals surface area contributed by atoms with Crippen molar-refractivity contribution in [2.45, 2.75) is 50.7 Å². The Labute approximate surface area is 141 Å². The molecule has 2 saturated carbocycles. The minimum Gasteiger partial charge on any atom is -0.308 e. The summed E-state index contributed by atoms with van der Waals surface area (Å²) in [5.41, 5.74) is 1.83. The Morgan fingerprint density at radius 1 is 1.19 bits per heavy atom. The molecule has 0 aromatic heterocycles. The molecule has 114 valence electrons. The van der Waals surface area contributed by atoms with E-state index < -0.39 is 0 Å². The molecule has 0 bridgehead atoms. The van der Waals surface area contributed by atoms with Crippen LogP contribution >= 0.6 is 22.6 Å². The highest BCUT2D eigenvalue weighted by Gasteiger charge is 2.48. The van der Waals surface area contributed by atoms with Crippen LogP contribution in [-0.4, -0.2) is 29.6 Å². The summed E-state index contributed by atoms with van der Waals surface area (Å²) in [6.07, 6.45) is 5.73. The summed E-state index contributed by atoms with van der Waals surface area (Å²) in [5.74, 6) is 1.86. The highest BCUT2D eigenvalue weighted by atomic mass is 127. The average molecular weight is 396 g/mol. The molecule has 0 amide bonds. The molecule has 2 atom stereocenters. The third-order valence-corrected chi connectivity index (χ3v) is 6.38. The summed E-state index contributed by atoms with van der Waals surface area (Å²) in [4.78, 5) is 2.79. The van der Waals surface area contributed by atoms with Crippen LogP contribution in [0.5, 0.6) is 0 Å². The highest BCUT2D eigenvalue weighted by Crippen LogP contribution is 2.44. The number of hydrogen-bond donors (Lipinski definition) is 1. The summed E-state index contributed by atoms with van der Waals surface area (Å²) >= 11 is 2.39. The molecule has 0 spiro atoms. The molecule has 3 fully saturated rings. The van der Waals surface area contributed by atoms with Gasteiger partial charge in [-0.05, 0) is 84.7 Å². The Kier molecular flexibility index (Phi) is 3.79. The average Bonchev–Trinajstić information content (AvgIpc) is 3.34. The lowest BCUT2D eigenvalue weighted by atomic mass is 9.89. The van der Waals surface area contributed by atoms with Crippen molar-refractivity contribution in [3.8, 4) is 0 Å². The highest BCUT2D eigenvalue weighted by molar-refractivity contribution is 14.1. The first-order valence-corrected chi connectivity index (χ1v) is 9.45.